The number of para-hydroxylation sites is 1. The minimum absolute atomic E-state index is 0.143. The van der Waals surface area contributed by atoms with Gasteiger partial charge in [-0.15, -0.1) is 0 Å². The molecule has 0 aliphatic heterocycles. The summed E-state index contributed by atoms with van der Waals surface area (Å²) in [5.74, 6) is -1.73. The van der Waals surface area contributed by atoms with Crippen LogP contribution in [0.5, 0.6) is 11.5 Å². The Morgan fingerprint density at radius 1 is 1.44 bits per heavy atom. The first-order valence-corrected chi connectivity index (χ1v) is 5.61. The van der Waals surface area contributed by atoms with Crippen molar-refractivity contribution in [1.82, 2.24) is 0 Å². The molecule has 7 heteroatoms. The van der Waals surface area contributed by atoms with E-state index in [0.717, 1.165) is 6.07 Å². The lowest BCUT2D eigenvalue weighted by Gasteiger charge is -2.16. The molecule has 0 spiro atoms. The number of halogens is 4. The van der Waals surface area contributed by atoms with Crippen molar-refractivity contribution < 1.29 is 22.6 Å². The van der Waals surface area contributed by atoms with Crippen molar-refractivity contribution in [2.45, 2.75) is 6.18 Å². The predicted octanol–water partition coefficient (Wildman–Crippen LogP) is 3.54. The Kier molecular flexibility index (Phi) is 4.84. The van der Waals surface area contributed by atoms with E-state index in [1.54, 1.807) is 18.2 Å². The molecule has 0 aromatic heterocycles. The van der Waals surface area contributed by atoms with Crippen LogP contribution >= 0.6 is 15.9 Å². The zero-order valence-corrected chi connectivity index (χ0v) is 10.9. The van der Waals surface area contributed by atoms with E-state index >= 15 is 0 Å². The SMILES string of the molecule is COc1cccc(Br)c1OCC(C#N)C(F)(F)F. The van der Waals surface area contributed by atoms with E-state index in [1.165, 1.54) is 7.11 Å². The molecule has 0 aliphatic rings. The molecule has 0 aliphatic carbocycles. The summed E-state index contributed by atoms with van der Waals surface area (Å²) in [6.07, 6.45) is -4.61. The monoisotopic (exact) mass is 323 g/mol. The van der Waals surface area contributed by atoms with Gasteiger partial charge in [0, 0.05) is 0 Å². The van der Waals surface area contributed by atoms with Gasteiger partial charge in [0.05, 0.1) is 17.7 Å². The highest BCUT2D eigenvalue weighted by molar-refractivity contribution is 9.10. The van der Waals surface area contributed by atoms with E-state index < -0.39 is 18.7 Å². The lowest BCUT2D eigenvalue weighted by molar-refractivity contribution is -0.165. The molecule has 0 saturated heterocycles. The Morgan fingerprint density at radius 2 is 2.11 bits per heavy atom. The zero-order chi connectivity index (χ0) is 13.8. The molecule has 0 bridgehead atoms. The summed E-state index contributed by atoms with van der Waals surface area (Å²) in [7, 11) is 1.38. The normalized spacial score (nSPS) is 12.7. The molecule has 0 heterocycles. The largest absolute Gasteiger partial charge is 0.493 e. The van der Waals surface area contributed by atoms with E-state index in [9.17, 15) is 13.2 Å². The number of alkyl halides is 3. The van der Waals surface area contributed by atoms with Crippen molar-refractivity contribution in [2.24, 2.45) is 5.92 Å². The van der Waals surface area contributed by atoms with Gasteiger partial charge in [0.1, 0.15) is 6.61 Å². The van der Waals surface area contributed by atoms with E-state index in [1.807, 2.05) is 0 Å². The van der Waals surface area contributed by atoms with E-state index in [-0.39, 0.29) is 5.75 Å². The third-order valence-electron chi connectivity index (χ3n) is 2.10. The van der Waals surface area contributed by atoms with Gasteiger partial charge in [-0.25, -0.2) is 0 Å². The molecular weight excluding hydrogens is 315 g/mol. The molecule has 0 radical (unpaired) electrons. The standard InChI is InChI=1S/C11H9BrF3NO2/c1-17-9-4-2-3-8(12)10(9)18-6-7(5-16)11(13,14)15/h2-4,7H,6H2,1H3. The Balaban J connectivity index is 2.84. The molecule has 0 amide bonds. The van der Waals surface area contributed by atoms with Gasteiger partial charge in [-0.3, -0.25) is 0 Å². The van der Waals surface area contributed by atoms with Crippen molar-refractivity contribution >= 4 is 15.9 Å². The molecule has 0 N–H and O–H groups in total. The molecule has 18 heavy (non-hydrogen) atoms. The van der Waals surface area contributed by atoms with Crippen LogP contribution in [0.2, 0.25) is 0 Å². The molecule has 1 atom stereocenters. The third-order valence-corrected chi connectivity index (χ3v) is 2.72. The number of hydrogen-bond acceptors (Lipinski definition) is 3. The second kappa shape index (κ2) is 5.96. The maximum atomic E-state index is 12.4. The van der Waals surface area contributed by atoms with Crippen LogP contribution < -0.4 is 9.47 Å². The molecular formula is C11H9BrF3NO2. The number of nitriles is 1. The Labute approximate surface area is 110 Å². The second-order valence-electron chi connectivity index (χ2n) is 3.31. The van der Waals surface area contributed by atoms with Crippen LogP contribution in [0.25, 0.3) is 0 Å². The van der Waals surface area contributed by atoms with Crippen molar-refractivity contribution in [3.63, 3.8) is 0 Å². The summed E-state index contributed by atoms with van der Waals surface area (Å²) in [4.78, 5) is 0. The second-order valence-corrected chi connectivity index (χ2v) is 4.16. The molecule has 1 unspecified atom stereocenters. The van der Waals surface area contributed by atoms with Gasteiger partial charge in [-0.2, -0.15) is 18.4 Å². The predicted molar refractivity (Wildman–Crippen MR) is 61.3 cm³/mol. The van der Waals surface area contributed by atoms with Crippen LogP contribution in [-0.2, 0) is 0 Å². The van der Waals surface area contributed by atoms with Crippen LogP contribution in [0.1, 0.15) is 0 Å². The molecule has 0 saturated carbocycles. The van der Waals surface area contributed by atoms with Gasteiger partial charge >= 0.3 is 6.18 Å². The van der Waals surface area contributed by atoms with Crippen molar-refractivity contribution in [1.29, 1.82) is 5.26 Å². The van der Waals surface area contributed by atoms with Crippen molar-refractivity contribution in [3.05, 3.63) is 22.7 Å². The fraction of sp³-hybridized carbons (Fsp3) is 0.364. The van der Waals surface area contributed by atoms with E-state index in [2.05, 4.69) is 15.9 Å². The van der Waals surface area contributed by atoms with Gasteiger partial charge in [0.2, 0.25) is 0 Å². The zero-order valence-electron chi connectivity index (χ0n) is 9.29. The molecule has 1 rings (SSSR count). The quantitative estimate of drug-likeness (QED) is 0.851. The summed E-state index contributed by atoms with van der Waals surface area (Å²) in [6.45, 7) is -0.779. The molecule has 1 aromatic rings. The molecule has 98 valence electrons. The number of rotatable bonds is 4. The minimum atomic E-state index is -4.61. The van der Waals surface area contributed by atoms with Crippen LogP contribution in [0.15, 0.2) is 22.7 Å². The molecule has 0 fully saturated rings. The average Bonchev–Trinajstić information content (AvgIpc) is 2.29. The van der Waals surface area contributed by atoms with Crippen LogP contribution in [0.3, 0.4) is 0 Å². The number of nitrogens with zero attached hydrogens (tertiary/aromatic N) is 1. The maximum absolute atomic E-state index is 12.4. The first-order chi connectivity index (χ1) is 8.40. The van der Waals surface area contributed by atoms with Crippen molar-refractivity contribution in [3.8, 4) is 17.6 Å². The summed E-state index contributed by atoms with van der Waals surface area (Å²) < 4.78 is 47.5. The number of benzene rings is 1. The lowest BCUT2D eigenvalue weighted by Crippen LogP contribution is -2.27. The number of hydrogen-bond donors (Lipinski definition) is 0. The fourth-order valence-electron chi connectivity index (χ4n) is 1.16. The lowest BCUT2D eigenvalue weighted by atomic mass is 10.2. The van der Waals surface area contributed by atoms with Crippen LogP contribution in [0, 0.1) is 17.2 Å². The van der Waals surface area contributed by atoms with Gasteiger partial charge in [-0.1, -0.05) is 6.07 Å². The van der Waals surface area contributed by atoms with Crippen molar-refractivity contribution in [2.75, 3.05) is 13.7 Å². The van der Waals surface area contributed by atoms with Crippen LogP contribution in [0.4, 0.5) is 13.2 Å². The highest BCUT2D eigenvalue weighted by atomic mass is 79.9. The minimum Gasteiger partial charge on any atom is -0.493 e. The Hall–Kier alpha value is -1.42. The molecule has 3 nitrogen and oxygen atoms in total. The highest BCUT2D eigenvalue weighted by Gasteiger charge is 2.40. The van der Waals surface area contributed by atoms with Gasteiger partial charge in [-0.05, 0) is 28.1 Å². The summed E-state index contributed by atoms with van der Waals surface area (Å²) in [5.41, 5.74) is 0. The fourth-order valence-corrected chi connectivity index (χ4v) is 1.62. The van der Waals surface area contributed by atoms with Crippen LogP contribution in [-0.4, -0.2) is 19.9 Å². The smallest absolute Gasteiger partial charge is 0.407 e. The van der Waals surface area contributed by atoms with E-state index in [0.29, 0.717) is 10.2 Å². The Morgan fingerprint density at radius 3 is 2.61 bits per heavy atom. The number of methoxy groups -OCH3 is 1. The average molecular weight is 324 g/mol. The molecule has 1 aromatic carbocycles. The Bertz CT molecular complexity index is 457. The van der Waals surface area contributed by atoms with Gasteiger partial charge < -0.3 is 9.47 Å². The number of ether oxygens (including phenoxy) is 2. The van der Waals surface area contributed by atoms with Gasteiger partial charge in [0.15, 0.2) is 17.4 Å². The third kappa shape index (κ3) is 3.53. The van der Waals surface area contributed by atoms with E-state index in [4.69, 9.17) is 14.7 Å². The first-order valence-electron chi connectivity index (χ1n) is 4.81. The topological polar surface area (TPSA) is 42.2 Å². The van der Waals surface area contributed by atoms with Gasteiger partial charge in [0.25, 0.3) is 0 Å². The first kappa shape index (κ1) is 14.6. The highest BCUT2D eigenvalue weighted by Crippen LogP contribution is 2.36. The summed E-state index contributed by atoms with van der Waals surface area (Å²) in [5, 5.41) is 8.44. The summed E-state index contributed by atoms with van der Waals surface area (Å²) in [6, 6.07) is 5.97. The summed E-state index contributed by atoms with van der Waals surface area (Å²) >= 11 is 3.14. The maximum Gasteiger partial charge on any atom is 0.407 e.